The molecule has 0 spiro atoms. The molecule has 1 amide bonds. The molecule has 9 heteroatoms. The van der Waals surface area contributed by atoms with Crippen molar-refractivity contribution in [2.24, 2.45) is 0 Å². The van der Waals surface area contributed by atoms with Crippen molar-refractivity contribution in [3.05, 3.63) is 52.2 Å². The van der Waals surface area contributed by atoms with E-state index in [1.54, 1.807) is 30.4 Å². The van der Waals surface area contributed by atoms with Crippen molar-refractivity contribution in [1.29, 1.82) is 0 Å². The van der Waals surface area contributed by atoms with Gasteiger partial charge >= 0.3 is 0 Å². The largest absolute Gasteiger partial charge is 0.496 e. The highest BCUT2D eigenvalue weighted by molar-refractivity contribution is 8.01. The quantitative estimate of drug-likeness (QED) is 0.486. The Morgan fingerprint density at radius 1 is 1.25 bits per heavy atom. The van der Waals surface area contributed by atoms with Gasteiger partial charge in [0.2, 0.25) is 11.0 Å². The molecule has 1 aromatic carbocycles. The van der Waals surface area contributed by atoms with Crippen LogP contribution in [0, 0.1) is 0 Å². The number of thioether (sulfide) groups is 1. The number of nitrogens with zero attached hydrogens (tertiary/aromatic N) is 3. The van der Waals surface area contributed by atoms with Crippen LogP contribution in [0.1, 0.15) is 10.4 Å². The Hall–Kier alpha value is -2.10. The van der Waals surface area contributed by atoms with Crippen LogP contribution < -0.4 is 10.1 Å². The third kappa shape index (κ3) is 5.95. The van der Waals surface area contributed by atoms with Gasteiger partial charge in [-0.25, -0.2) is 0 Å². The fraction of sp³-hybridized carbons (Fsp3) is 0.316. The maximum Gasteiger partial charge on any atom is 0.233 e. The average molecular weight is 435 g/mol. The summed E-state index contributed by atoms with van der Waals surface area (Å²) >= 11 is 4.64. The Labute approximate surface area is 176 Å². The molecule has 3 rings (SSSR count). The number of amides is 1. The first kappa shape index (κ1) is 20.6. The van der Waals surface area contributed by atoms with Crippen LogP contribution in [0.15, 0.2) is 46.1 Å². The van der Waals surface area contributed by atoms with Crippen molar-refractivity contribution < 1.29 is 9.53 Å². The zero-order valence-corrected chi connectivity index (χ0v) is 18.2. The number of hydrogen-bond acceptors (Lipinski definition) is 8. The molecule has 0 bridgehead atoms. The molecule has 0 atom stereocenters. The van der Waals surface area contributed by atoms with Gasteiger partial charge in [0.1, 0.15) is 5.75 Å². The van der Waals surface area contributed by atoms with Gasteiger partial charge in [-0.15, -0.1) is 21.5 Å². The zero-order chi connectivity index (χ0) is 19.8. The first-order valence-corrected chi connectivity index (χ1v) is 11.4. The van der Waals surface area contributed by atoms with E-state index < -0.39 is 0 Å². The van der Waals surface area contributed by atoms with Gasteiger partial charge in [0, 0.05) is 30.6 Å². The predicted octanol–water partition coefficient (Wildman–Crippen LogP) is 4.01. The Bertz CT molecular complexity index is 883. The van der Waals surface area contributed by atoms with Gasteiger partial charge in [-0.05, 0) is 23.9 Å². The summed E-state index contributed by atoms with van der Waals surface area (Å²) in [7, 11) is 3.44. The first-order valence-electron chi connectivity index (χ1n) is 8.74. The van der Waals surface area contributed by atoms with E-state index >= 15 is 0 Å². The van der Waals surface area contributed by atoms with E-state index in [2.05, 4.69) is 33.0 Å². The van der Waals surface area contributed by atoms with Crippen LogP contribution in [0.3, 0.4) is 0 Å². The number of thiophene rings is 1. The van der Waals surface area contributed by atoms with Gasteiger partial charge in [0.05, 0.1) is 12.9 Å². The summed E-state index contributed by atoms with van der Waals surface area (Å²) in [6.07, 6.45) is 0.964. The second kappa shape index (κ2) is 10.4. The summed E-state index contributed by atoms with van der Waals surface area (Å²) in [5.74, 6) is 1.16. The molecule has 0 aliphatic carbocycles. The number of rotatable bonds is 10. The molecule has 2 heterocycles. The molecule has 0 unspecified atom stereocenters. The number of carbonyl (C=O) groups excluding carboxylic acids is 1. The highest BCUT2D eigenvalue weighted by atomic mass is 32.2. The molecule has 1 N–H and O–H groups in total. The lowest BCUT2D eigenvalue weighted by molar-refractivity contribution is -0.127. The van der Waals surface area contributed by atoms with Crippen LogP contribution in [0.4, 0.5) is 5.13 Å². The molecule has 2 aromatic heterocycles. The van der Waals surface area contributed by atoms with Crippen LogP contribution in [0.25, 0.3) is 0 Å². The third-order valence-electron chi connectivity index (χ3n) is 3.98. The van der Waals surface area contributed by atoms with E-state index in [4.69, 9.17) is 4.74 Å². The maximum absolute atomic E-state index is 12.4. The van der Waals surface area contributed by atoms with Crippen molar-refractivity contribution in [2.45, 2.75) is 17.3 Å². The van der Waals surface area contributed by atoms with E-state index in [0.717, 1.165) is 33.7 Å². The van der Waals surface area contributed by atoms with Crippen LogP contribution in [-0.2, 0) is 17.8 Å². The van der Waals surface area contributed by atoms with Crippen molar-refractivity contribution in [3.63, 3.8) is 0 Å². The zero-order valence-electron chi connectivity index (χ0n) is 15.8. The second-order valence-corrected chi connectivity index (χ2v) is 9.21. The van der Waals surface area contributed by atoms with Gasteiger partial charge in [-0.2, -0.15) is 0 Å². The third-order valence-corrected chi connectivity index (χ3v) is 6.91. The van der Waals surface area contributed by atoms with Gasteiger partial charge in [-0.3, -0.25) is 4.79 Å². The number of nitrogens with one attached hydrogen (secondary N) is 1. The number of para-hydroxylation sites is 1. The maximum atomic E-state index is 12.4. The molecule has 6 nitrogen and oxygen atoms in total. The Morgan fingerprint density at radius 2 is 2.11 bits per heavy atom. The van der Waals surface area contributed by atoms with E-state index in [0.29, 0.717) is 12.3 Å². The number of hydrogen-bond donors (Lipinski definition) is 1. The lowest BCUT2D eigenvalue weighted by Crippen LogP contribution is -2.27. The van der Waals surface area contributed by atoms with E-state index in [1.807, 2.05) is 24.3 Å². The number of methoxy groups -OCH3 is 1. The minimum absolute atomic E-state index is 0.0401. The highest BCUT2D eigenvalue weighted by Gasteiger charge is 2.14. The van der Waals surface area contributed by atoms with Crippen LogP contribution >= 0.6 is 34.4 Å². The van der Waals surface area contributed by atoms with Crippen LogP contribution in [-0.4, -0.2) is 47.5 Å². The van der Waals surface area contributed by atoms with Crippen LogP contribution in [0.5, 0.6) is 5.75 Å². The SMILES string of the molecule is COc1ccccc1CN(C)C(=O)CSc1nnc(NCCc2cccs2)s1. The summed E-state index contributed by atoms with van der Waals surface area (Å²) in [5, 5.41) is 14.5. The Kier molecular flexibility index (Phi) is 7.70. The molecular formula is C19H22N4O2S3. The summed E-state index contributed by atoms with van der Waals surface area (Å²) in [6.45, 7) is 1.33. The molecular weight excluding hydrogens is 412 g/mol. The number of aromatic nitrogens is 2. The Morgan fingerprint density at radius 3 is 2.89 bits per heavy atom. The second-order valence-electron chi connectivity index (χ2n) is 5.98. The van der Waals surface area contributed by atoms with Gasteiger partial charge < -0.3 is 15.0 Å². The van der Waals surface area contributed by atoms with Crippen molar-refractivity contribution in [3.8, 4) is 5.75 Å². The lowest BCUT2D eigenvalue weighted by Gasteiger charge is -2.18. The fourth-order valence-electron chi connectivity index (χ4n) is 2.50. The molecule has 148 valence electrons. The molecule has 0 fully saturated rings. The monoisotopic (exact) mass is 434 g/mol. The molecule has 0 radical (unpaired) electrons. The van der Waals surface area contributed by atoms with E-state index in [1.165, 1.54) is 28.0 Å². The highest BCUT2D eigenvalue weighted by Crippen LogP contribution is 2.26. The fourth-order valence-corrected chi connectivity index (χ4v) is 4.93. The van der Waals surface area contributed by atoms with E-state index in [9.17, 15) is 4.79 Å². The number of ether oxygens (including phenoxy) is 1. The number of benzene rings is 1. The van der Waals surface area contributed by atoms with Crippen molar-refractivity contribution >= 4 is 45.5 Å². The average Bonchev–Trinajstić information content (AvgIpc) is 3.38. The molecule has 0 aliphatic heterocycles. The molecule has 3 aromatic rings. The van der Waals surface area contributed by atoms with Gasteiger partial charge in [0.25, 0.3) is 0 Å². The standard InChI is InChI=1S/C19H22N4O2S3/c1-23(12-14-6-3-4-8-16(14)25-2)17(24)13-27-19-22-21-18(28-19)20-10-9-15-7-5-11-26-15/h3-8,11H,9-10,12-13H2,1-2H3,(H,20,21). The topological polar surface area (TPSA) is 67.3 Å². The van der Waals surface area contributed by atoms with Crippen molar-refractivity contribution in [1.82, 2.24) is 15.1 Å². The van der Waals surface area contributed by atoms with Gasteiger partial charge in [0.15, 0.2) is 4.34 Å². The summed E-state index contributed by atoms with van der Waals surface area (Å²) < 4.78 is 6.14. The minimum atomic E-state index is 0.0401. The minimum Gasteiger partial charge on any atom is -0.496 e. The number of anilines is 1. The Balaban J connectivity index is 1.43. The molecule has 0 saturated carbocycles. The van der Waals surface area contributed by atoms with Crippen molar-refractivity contribution in [2.75, 3.05) is 31.8 Å². The lowest BCUT2D eigenvalue weighted by atomic mass is 10.2. The molecule has 0 aliphatic rings. The molecule has 28 heavy (non-hydrogen) atoms. The molecule has 0 saturated heterocycles. The normalized spacial score (nSPS) is 10.6. The number of carbonyl (C=O) groups is 1. The first-order chi connectivity index (χ1) is 13.7. The van der Waals surface area contributed by atoms with Gasteiger partial charge in [-0.1, -0.05) is 47.4 Å². The smallest absolute Gasteiger partial charge is 0.233 e. The van der Waals surface area contributed by atoms with E-state index in [-0.39, 0.29) is 5.91 Å². The van der Waals surface area contributed by atoms with Crippen LogP contribution in [0.2, 0.25) is 0 Å². The summed E-state index contributed by atoms with van der Waals surface area (Å²) in [6, 6.07) is 11.9. The summed E-state index contributed by atoms with van der Waals surface area (Å²) in [5.41, 5.74) is 0.985. The summed E-state index contributed by atoms with van der Waals surface area (Å²) in [4.78, 5) is 15.5. The predicted molar refractivity (Wildman–Crippen MR) is 117 cm³/mol.